The molecule has 3 aromatic rings. The van der Waals surface area contributed by atoms with E-state index in [1.54, 1.807) is 11.3 Å². The van der Waals surface area contributed by atoms with Crippen molar-refractivity contribution in [1.82, 2.24) is 0 Å². The SMILES string of the molecule is Fc1ccc([C@H]2CC(c3cccs3)=NN2c2ccc(Cl)cc2)cc1. The monoisotopic (exact) mass is 356 g/mol. The van der Waals surface area contributed by atoms with E-state index in [4.69, 9.17) is 16.7 Å². The summed E-state index contributed by atoms with van der Waals surface area (Å²) in [5, 5.41) is 9.58. The molecule has 0 fully saturated rings. The third-order valence-electron chi connectivity index (χ3n) is 4.06. The van der Waals surface area contributed by atoms with Crippen molar-refractivity contribution < 1.29 is 4.39 Å². The highest BCUT2D eigenvalue weighted by Gasteiger charge is 2.30. The van der Waals surface area contributed by atoms with Crippen LogP contribution in [0.4, 0.5) is 10.1 Å². The standard InChI is InChI=1S/C19H14ClFN2S/c20-14-5-9-16(10-6-14)23-18(13-3-7-15(21)8-4-13)12-17(22-23)19-2-1-11-24-19/h1-11,18H,12H2/t18-/m1/s1. The topological polar surface area (TPSA) is 15.6 Å². The van der Waals surface area contributed by atoms with Gasteiger partial charge in [0, 0.05) is 11.4 Å². The van der Waals surface area contributed by atoms with Crippen molar-refractivity contribution in [1.29, 1.82) is 0 Å². The van der Waals surface area contributed by atoms with Gasteiger partial charge in [0.2, 0.25) is 0 Å². The molecule has 0 radical (unpaired) electrons. The number of rotatable bonds is 3. The minimum atomic E-state index is -0.228. The molecule has 4 rings (SSSR count). The number of hydrazone groups is 1. The Labute approximate surface area is 148 Å². The number of benzene rings is 2. The Morgan fingerprint density at radius 3 is 2.46 bits per heavy atom. The Bertz CT molecular complexity index is 857. The molecule has 24 heavy (non-hydrogen) atoms. The molecule has 0 N–H and O–H groups in total. The maximum atomic E-state index is 13.3. The van der Waals surface area contributed by atoms with Gasteiger partial charge in [-0.25, -0.2) is 4.39 Å². The van der Waals surface area contributed by atoms with Crippen LogP contribution in [0.1, 0.15) is 22.9 Å². The van der Waals surface area contributed by atoms with Gasteiger partial charge in [0.1, 0.15) is 5.82 Å². The average molecular weight is 357 g/mol. The van der Waals surface area contributed by atoms with Crippen molar-refractivity contribution in [3.63, 3.8) is 0 Å². The van der Waals surface area contributed by atoms with Gasteiger partial charge in [-0.1, -0.05) is 29.8 Å². The highest BCUT2D eigenvalue weighted by Crippen LogP contribution is 2.37. The van der Waals surface area contributed by atoms with E-state index in [1.165, 1.54) is 17.0 Å². The molecule has 2 nitrogen and oxygen atoms in total. The van der Waals surface area contributed by atoms with Gasteiger partial charge in [-0.2, -0.15) is 5.10 Å². The molecule has 0 saturated carbocycles. The third-order valence-corrected chi connectivity index (χ3v) is 5.23. The Hall–Kier alpha value is -2.17. The Morgan fingerprint density at radius 1 is 1.04 bits per heavy atom. The molecule has 0 unspecified atom stereocenters. The van der Waals surface area contributed by atoms with Crippen molar-refractivity contribution in [2.75, 3.05) is 5.01 Å². The fraction of sp³-hybridized carbons (Fsp3) is 0.105. The van der Waals surface area contributed by atoms with Crippen LogP contribution in [0.15, 0.2) is 71.1 Å². The summed E-state index contributed by atoms with van der Waals surface area (Å²) in [4.78, 5) is 1.17. The minimum absolute atomic E-state index is 0.0453. The number of anilines is 1. The lowest BCUT2D eigenvalue weighted by Gasteiger charge is -2.24. The molecule has 1 atom stereocenters. The first-order valence-corrected chi connectivity index (χ1v) is 8.88. The highest BCUT2D eigenvalue weighted by atomic mass is 35.5. The summed E-state index contributed by atoms with van der Waals surface area (Å²) in [6.45, 7) is 0. The normalized spacial score (nSPS) is 17.2. The summed E-state index contributed by atoms with van der Waals surface area (Å²) in [5.74, 6) is -0.228. The number of thiophene rings is 1. The second kappa shape index (κ2) is 6.38. The second-order valence-corrected chi connectivity index (χ2v) is 7.00. The van der Waals surface area contributed by atoms with Crippen LogP contribution in [-0.2, 0) is 0 Å². The molecular weight excluding hydrogens is 343 g/mol. The molecule has 1 aromatic heterocycles. The van der Waals surface area contributed by atoms with E-state index in [0.29, 0.717) is 5.02 Å². The van der Waals surface area contributed by atoms with E-state index >= 15 is 0 Å². The Balaban J connectivity index is 1.74. The van der Waals surface area contributed by atoms with Crippen LogP contribution in [0.25, 0.3) is 0 Å². The fourth-order valence-electron chi connectivity index (χ4n) is 2.88. The zero-order valence-corrected chi connectivity index (χ0v) is 14.3. The summed E-state index contributed by atoms with van der Waals surface area (Å²) in [7, 11) is 0. The average Bonchev–Trinajstić information content (AvgIpc) is 3.26. The molecule has 0 saturated heterocycles. The van der Waals surface area contributed by atoms with Crippen LogP contribution in [0.3, 0.4) is 0 Å². The van der Waals surface area contributed by atoms with E-state index in [-0.39, 0.29) is 11.9 Å². The molecule has 0 amide bonds. The number of hydrogen-bond acceptors (Lipinski definition) is 3. The molecule has 0 bridgehead atoms. The lowest BCUT2D eigenvalue weighted by atomic mass is 10.0. The summed E-state index contributed by atoms with van der Waals surface area (Å²) >= 11 is 7.69. The molecule has 0 spiro atoms. The van der Waals surface area contributed by atoms with Gasteiger partial charge in [0.05, 0.1) is 22.3 Å². The molecule has 2 aromatic carbocycles. The van der Waals surface area contributed by atoms with E-state index in [2.05, 4.69) is 11.4 Å². The van der Waals surface area contributed by atoms with Crippen LogP contribution in [0.2, 0.25) is 5.02 Å². The first-order valence-electron chi connectivity index (χ1n) is 7.62. The van der Waals surface area contributed by atoms with Crippen LogP contribution in [-0.4, -0.2) is 5.71 Å². The van der Waals surface area contributed by atoms with Crippen molar-refractivity contribution in [3.05, 3.63) is 87.3 Å². The fourth-order valence-corrected chi connectivity index (χ4v) is 3.73. The maximum Gasteiger partial charge on any atom is 0.123 e. The Morgan fingerprint density at radius 2 is 1.79 bits per heavy atom. The van der Waals surface area contributed by atoms with E-state index in [9.17, 15) is 4.39 Å². The van der Waals surface area contributed by atoms with Crippen molar-refractivity contribution in [2.24, 2.45) is 5.10 Å². The van der Waals surface area contributed by atoms with Crippen molar-refractivity contribution in [2.45, 2.75) is 12.5 Å². The van der Waals surface area contributed by atoms with Gasteiger partial charge in [0.15, 0.2) is 0 Å². The molecule has 1 aliphatic heterocycles. The first kappa shape index (κ1) is 15.4. The lowest BCUT2D eigenvalue weighted by molar-refractivity contribution is 0.624. The predicted octanol–water partition coefficient (Wildman–Crippen LogP) is 5.90. The van der Waals surface area contributed by atoms with Crippen LogP contribution >= 0.6 is 22.9 Å². The number of nitrogens with zero attached hydrogens (tertiary/aromatic N) is 2. The molecule has 0 aliphatic carbocycles. The van der Waals surface area contributed by atoms with Crippen LogP contribution in [0, 0.1) is 5.82 Å². The summed E-state index contributed by atoms with van der Waals surface area (Å²) < 4.78 is 13.3. The van der Waals surface area contributed by atoms with Crippen molar-refractivity contribution in [3.8, 4) is 0 Å². The van der Waals surface area contributed by atoms with Crippen molar-refractivity contribution >= 4 is 34.3 Å². The molecule has 2 heterocycles. The van der Waals surface area contributed by atoms with Gasteiger partial charge >= 0.3 is 0 Å². The molecule has 5 heteroatoms. The van der Waals surface area contributed by atoms with Gasteiger partial charge in [-0.3, -0.25) is 5.01 Å². The van der Waals surface area contributed by atoms with Gasteiger partial charge in [-0.05, 0) is 53.4 Å². The van der Waals surface area contributed by atoms with E-state index in [1.807, 2.05) is 47.5 Å². The van der Waals surface area contributed by atoms with Gasteiger partial charge in [-0.15, -0.1) is 11.3 Å². The number of hydrogen-bond donors (Lipinski definition) is 0. The minimum Gasteiger partial charge on any atom is -0.257 e. The summed E-state index contributed by atoms with van der Waals surface area (Å²) in [6, 6.07) is 18.4. The predicted molar refractivity (Wildman–Crippen MR) is 98.5 cm³/mol. The highest BCUT2D eigenvalue weighted by molar-refractivity contribution is 7.12. The molecule has 1 aliphatic rings. The Kier molecular flexibility index (Phi) is 4.08. The molecular formula is C19H14ClFN2S. The largest absolute Gasteiger partial charge is 0.257 e. The van der Waals surface area contributed by atoms with Gasteiger partial charge in [0.25, 0.3) is 0 Å². The zero-order valence-electron chi connectivity index (χ0n) is 12.7. The summed E-state index contributed by atoms with van der Waals surface area (Å²) in [6.07, 6.45) is 0.786. The quantitative estimate of drug-likeness (QED) is 0.570. The third kappa shape index (κ3) is 2.95. The lowest BCUT2D eigenvalue weighted by Crippen LogP contribution is -2.18. The van der Waals surface area contributed by atoms with Crippen LogP contribution < -0.4 is 5.01 Å². The van der Waals surface area contributed by atoms with E-state index in [0.717, 1.165) is 23.4 Å². The van der Waals surface area contributed by atoms with E-state index < -0.39 is 0 Å². The first-order chi connectivity index (χ1) is 11.7. The zero-order chi connectivity index (χ0) is 16.5. The van der Waals surface area contributed by atoms with Crippen LogP contribution in [0.5, 0.6) is 0 Å². The second-order valence-electron chi connectivity index (χ2n) is 5.62. The number of halogens is 2. The van der Waals surface area contributed by atoms with Gasteiger partial charge < -0.3 is 0 Å². The summed E-state index contributed by atoms with van der Waals surface area (Å²) in [5.41, 5.74) is 3.07. The smallest absolute Gasteiger partial charge is 0.123 e. The maximum absolute atomic E-state index is 13.3. The molecule has 120 valence electrons.